The molecule has 0 radical (unpaired) electrons. The van der Waals surface area contributed by atoms with Crippen LogP contribution in [0.5, 0.6) is 11.5 Å². The number of nitrogens with zero attached hydrogens (tertiary/aromatic N) is 1. The standard InChI is InChI=1S/C26H33NO6/c1-3-5-6-9-16-32-24-11-8-7-10-22(24)26(30,31)27(21-13-14-21)25(29)20-12-15-23(33-18-28)19(4-2)17-20/h7-8,10-12,15,17-18,21,30-31H,3-6,9,13-14,16H2,1-2H3. The predicted molar refractivity (Wildman–Crippen MR) is 124 cm³/mol. The molecule has 1 aliphatic carbocycles. The van der Waals surface area contributed by atoms with Crippen molar-refractivity contribution in [2.24, 2.45) is 0 Å². The summed E-state index contributed by atoms with van der Waals surface area (Å²) in [6, 6.07) is 11.1. The number of rotatable bonds is 13. The molecule has 0 atom stereocenters. The first-order chi connectivity index (χ1) is 15.9. The minimum absolute atomic E-state index is 0.136. The van der Waals surface area contributed by atoms with Crippen molar-refractivity contribution >= 4 is 12.4 Å². The van der Waals surface area contributed by atoms with Crippen LogP contribution in [0.2, 0.25) is 0 Å². The first-order valence-corrected chi connectivity index (χ1v) is 11.7. The molecule has 0 spiro atoms. The van der Waals surface area contributed by atoms with Crippen molar-refractivity contribution in [2.75, 3.05) is 6.61 Å². The van der Waals surface area contributed by atoms with Crippen molar-refractivity contribution in [3.8, 4) is 11.5 Å². The third-order valence-electron chi connectivity index (χ3n) is 5.83. The van der Waals surface area contributed by atoms with E-state index in [2.05, 4.69) is 6.92 Å². The Morgan fingerprint density at radius 1 is 1.09 bits per heavy atom. The Hall–Kier alpha value is -2.90. The fourth-order valence-electron chi connectivity index (χ4n) is 3.90. The van der Waals surface area contributed by atoms with Gasteiger partial charge in [-0.15, -0.1) is 0 Å². The molecule has 7 nitrogen and oxygen atoms in total. The quantitative estimate of drug-likeness (QED) is 0.268. The number of ether oxygens (including phenoxy) is 2. The molecule has 0 saturated heterocycles. The fraction of sp³-hybridized carbons (Fsp3) is 0.462. The van der Waals surface area contributed by atoms with Crippen molar-refractivity contribution in [3.05, 3.63) is 59.2 Å². The number of hydrogen-bond donors (Lipinski definition) is 2. The van der Waals surface area contributed by atoms with Gasteiger partial charge in [-0.25, -0.2) is 0 Å². The summed E-state index contributed by atoms with van der Waals surface area (Å²) in [4.78, 5) is 25.3. The zero-order valence-corrected chi connectivity index (χ0v) is 19.3. The van der Waals surface area contributed by atoms with Crippen molar-refractivity contribution in [3.63, 3.8) is 0 Å². The van der Waals surface area contributed by atoms with Gasteiger partial charge in [-0.1, -0.05) is 45.2 Å². The number of carbonyl (C=O) groups is 2. The zero-order valence-electron chi connectivity index (χ0n) is 19.3. The molecule has 0 heterocycles. The Bertz CT molecular complexity index is 954. The number of benzene rings is 2. The van der Waals surface area contributed by atoms with E-state index in [9.17, 15) is 19.8 Å². The highest BCUT2D eigenvalue weighted by Crippen LogP contribution is 2.40. The number of unbranched alkanes of at least 4 members (excludes halogenated alkanes) is 3. The lowest BCUT2D eigenvalue weighted by Crippen LogP contribution is -2.51. The van der Waals surface area contributed by atoms with Crippen molar-refractivity contribution in [2.45, 2.75) is 70.7 Å². The summed E-state index contributed by atoms with van der Waals surface area (Å²) in [5, 5.41) is 22.6. The summed E-state index contributed by atoms with van der Waals surface area (Å²) >= 11 is 0. The lowest BCUT2D eigenvalue weighted by Gasteiger charge is -2.36. The topological polar surface area (TPSA) is 96.3 Å². The Kier molecular flexibility index (Phi) is 8.47. The van der Waals surface area contributed by atoms with Crippen molar-refractivity contribution in [1.82, 2.24) is 4.90 Å². The van der Waals surface area contributed by atoms with Crippen LogP contribution in [-0.2, 0) is 17.1 Å². The molecule has 178 valence electrons. The van der Waals surface area contributed by atoms with Gasteiger partial charge in [0, 0.05) is 11.6 Å². The van der Waals surface area contributed by atoms with Gasteiger partial charge in [-0.2, -0.15) is 0 Å². The minimum atomic E-state index is -2.54. The van der Waals surface area contributed by atoms with Gasteiger partial charge in [-0.3, -0.25) is 14.5 Å². The number of aliphatic hydroxyl groups is 2. The summed E-state index contributed by atoms with van der Waals surface area (Å²) in [5.74, 6) is -2.32. The maximum absolute atomic E-state index is 13.5. The van der Waals surface area contributed by atoms with Crippen LogP contribution in [0.4, 0.5) is 0 Å². The van der Waals surface area contributed by atoms with Crippen LogP contribution in [0.25, 0.3) is 0 Å². The molecule has 0 aliphatic heterocycles. The molecule has 1 fully saturated rings. The lowest BCUT2D eigenvalue weighted by molar-refractivity contribution is -0.259. The maximum atomic E-state index is 13.5. The summed E-state index contributed by atoms with van der Waals surface area (Å²) < 4.78 is 10.9. The van der Waals surface area contributed by atoms with Gasteiger partial charge >= 0.3 is 0 Å². The second kappa shape index (κ2) is 11.3. The largest absolute Gasteiger partial charge is 0.493 e. The smallest absolute Gasteiger partial charge is 0.298 e. The van der Waals surface area contributed by atoms with Gasteiger partial charge in [0.1, 0.15) is 11.5 Å². The third-order valence-corrected chi connectivity index (χ3v) is 5.83. The molecular formula is C26H33NO6. The molecular weight excluding hydrogens is 422 g/mol. The number of amides is 1. The molecule has 2 aromatic carbocycles. The highest BCUT2D eigenvalue weighted by atomic mass is 16.5. The van der Waals surface area contributed by atoms with E-state index in [0.717, 1.165) is 30.6 Å². The molecule has 1 saturated carbocycles. The summed E-state index contributed by atoms with van der Waals surface area (Å²) in [7, 11) is 0. The summed E-state index contributed by atoms with van der Waals surface area (Å²) in [5.41, 5.74) is 1.11. The molecule has 0 unspecified atom stereocenters. The van der Waals surface area contributed by atoms with Crippen LogP contribution in [0, 0.1) is 0 Å². The summed E-state index contributed by atoms with van der Waals surface area (Å²) in [6.45, 7) is 4.83. The van der Waals surface area contributed by atoms with E-state index in [1.807, 2.05) is 6.92 Å². The Labute approximate surface area is 194 Å². The average Bonchev–Trinajstić information content (AvgIpc) is 3.64. The van der Waals surface area contributed by atoms with Gasteiger partial charge in [0.2, 0.25) is 0 Å². The fourth-order valence-corrected chi connectivity index (χ4v) is 3.90. The molecule has 1 amide bonds. The van der Waals surface area contributed by atoms with E-state index in [1.54, 1.807) is 36.4 Å². The first-order valence-electron chi connectivity index (χ1n) is 11.7. The Balaban J connectivity index is 1.88. The van der Waals surface area contributed by atoms with E-state index in [-0.39, 0.29) is 11.6 Å². The van der Waals surface area contributed by atoms with Crippen LogP contribution < -0.4 is 9.47 Å². The van der Waals surface area contributed by atoms with Crippen LogP contribution >= 0.6 is 0 Å². The third kappa shape index (κ3) is 5.92. The van der Waals surface area contributed by atoms with Gasteiger partial charge < -0.3 is 19.7 Å². The normalized spacial score (nSPS) is 13.5. The Morgan fingerprint density at radius 2 is 1.85 bits per heavy atom. The number of para-hydroxylation sites is 1. The molecule has 0 aromatic heterocycles. The zero-order chi connectivity index (χ0) is 23.8. The number of aryl methyl sites for hydroxylation is 1. The molecule has 2 N–H and O–H groups in total. The van der Waals surface area contributed by atoms with Gasteiger partial charge in [0.05, 0.1) is 12.2 Å². The van der Waals surface area contributed by atoms with Crippen molar-refractivity contribution in [1.29, 1.82) is 0 Å². The Morgan fingerprint density at radius 3 is 2.52 bits per heavy atom. The van der Waals surface area contributed by atoms with E-state index < -0.39 is 11.8 Å². The highest BCUT2D eigenvalue weighted by molar-refractivity contribution is 5.95. The SMILES string of the molecule is CCCCCCOc1ccccc1C(O)(O)N(C(=O)c1ccc(OC=O)c(CC)c1)C1CC1. The van der Waals surface area contributed by atoms with Crippen LogP contribution in [0.1, 0.15) is 73.9 Å². The van der Waals surface area contributed by atoms with Gasteiger partial charge in [0.25, 0.3) is 18.3 Å². The molecule has 3 rings (SSSR count). The lowest BCUT2D eigenvalue weighted by atomic mass is 10.0. The van der Waals surface area contributed by atoms with Gasteiger partial charge in [0.15, 0.2) is 0 Å². The van der Waals surface area contributed by atoms with Crippen LogP contribution in [-0.4, -0.2) is 40.1 Å². The highest BCUT2D eigenvalue weighted by Gasteiger charge is 2.48. The van der Waals surface area contributed by atoms with E-state index in [1.165, 1.54) is 6.07 Å². The molecule has 7 heteroatoms. The van der Waals surface area contributed by atoms with Crippen molar-refractivity contribution < 1.29 is 29.3 Å². The monoisotopic (exact) mass is 455 g/mol. The molecule has 33 heavy (non-hydrogen) atoms. The second-order valence-electron chi connectivity index (χ2n) is 8.34. The molecule has 2 aromatic rings. The van der Waals surface area contributed by atoms with Crippen LogP contribution in [0.3, 0.4) is 0 Å². The predicted octanol–water partition coefficient (Wildman–Crippen LogP) is 4.14. The minimum Gasteiger partial charge on any atom is -0.493 e. The van der Waals surface area contributed by atoms with Crippen LogP contribution in [0.15, 0.2) is 42.5 Å². The second-order valence-corrected chi connectivity index (χ2v) is 8.34. The maximum Gasteiger partial charge on any atom is 0.298 e. The van der Waals surface area contributed by atoms with Gasteiger partial charge in [-0.05, 0) is 61.6 Å². The summed E-state index contributed by atoms with van der Waals surface area (Å²) in [6.07, 6.45) is 6.06. The molecule has 1 aliphatic rings. The van der Waals surface area contributed by atoms with E-state index >= 15 is 0 Å². The average molecular weight is 456 g/mol. The molecule has 0 bridgehead atoms. The number of hydrogen-bond acceptors (Lipinski definition) is 6. The van der Waals surface area contributed by atoms with E-state index in [4.69, 9.17) is 9.47 Å². The first kappa shape index (κ1) is 24.7. The number of carbonyl (C=O) groups excluding carboxylic acids is 2. The van der Waals surface area contributed by atoms with E-state index in [0.29, 0.717) is 55.0 Å².